The molecule has 1 heterocycles. The van der Waals surface area contributed by atoms with Crippen LogP contribution in [0.15, 0.2) is 24.3 Å². The molecule has 114 valence electrons. The van der Waals surface area contributed by atoms with E-state index in [9.17, 15) is 9.59 Å². The van der Waals surface area contributed by atoms with Gasteiger partial charge in [-0.05, 0) is 26.0 Å². The highest BCUT2D eigenvalue weighted by Crippen LogP contribution is 2.12. The second kappa shape index (κ2) is 7.08. The van der Waals surface area contributed by atoms with Crippen LogP contribution >= 0.6 is 0 Å². The zero-order chi connectivity index (χ0) is 15.2. The number of likely N-dealkylation sites (N-methyl/N-ethyl adjacent to an activating group) is 1. The molecule has 1 aromatic rings. The number of nitrogens with zero attached hydrogens (tertiary/aromatic N) is 1. The van der Waals surface area contributed by atoms with Gasteiger partial charge < -0.3 is 20.9 Å². The predicted octanol–water partition coefficient (Wildman–Crippen LogP) is 0.937. The Balaban J connectivity index is 2.04. The Morgan fingerprint density at radius 1 is 1.33 bits per heavy atom. The van der Waals surface area contributed by atoms with Gasteiger partial charge in [-0.25, -0.2) is 4.79 Å². The summed E-state index contributed by atoms with van der Waals surface area (Å²) in [7, 11) is 0. The first-order valence-electron chi connectivity index (χ1n) is 7.24. The molecule has 6 nitrogen and oxygen atoms in total. The number of benzene rings is 1. The van der Waals surface area contributed by atoms with Gasteiger partial charge in [-0.2, -0.15) is 0 Å². The molecule has 0 radical (unpaired) electrons. The lowest BCUT2D eigenvalue weighted by molar-refractivity contribution is -0.125. The van der Waals surface area contributed by atoms with Crippen molar-refractivity contribution < 1.29 is 9.59 Å². The second-order valence-electron chi connectivity index (χ2n) is 5.10. The third kappa shape index (κ3) is 3.95. The summed E-state index contributed by atoms with van der Waals surface area (Å²) in [4.78, 5) is 26.0. The van der Waals surface area contributed by atoms with E-state index in [4.69, 9.17) is 0 Å². The zero-order valence-corrected chi connectivity index (χ0v) is 12.5. The van der Waals surface area contributed by atoms with Crippen LogP contribution < -0.4 is 16.0 Å². The first-order valence-corrected chi connectivity index (χ1v) is 7.24. The third-order valence-electron chi connectivity index (χ3n) is 3.46. The number of rotatable bonds is 3. The lowest BCUT2D eigenvalue weighted by Crippen LogP contribution is -2.60. The minimum Gasteiger partial charge on any atom is -0.355 e. The highest BCUT2D eigenvalue weighted by atomic mass is 16.2. The Kier molecular flexibility index (Phi) is 5.16. The van der Waals surface area contributed by atoms with Crippen LogP contribution in [0.5, 0.6) is 0 Å². The molecule has 0 bridgehead atoms. The van der Waals surface area contributed by atoms with E-state index in [0.29, 0.717) is 26.2 Å². The molecule has 1 saturated heterocycles. The molecule has 1 atom stereocenters. The maximum Gasteiger partial charge on any atom is 0.322 e. The van der Waals surface area contributed by atoms with E-state index in [1.807, 2.05) is 38.1 Å². The number of amides is 3. The average Bonchev–Trinajstić information content (AvgIpc) is 2.50. The van der Waals surface area contributed by atoms with Crippen LogP contribution in [0.3, 0.4) is 0 Å². The van der Waals surface area contributed by atoms with Gasteiger partial charge in [-0.1, -0.05) is 17.7 Å². The number of carbonyl (C=O) groups excluding carboxylic acids is 2. The van der Waals surface area contributed by atoms with Crippen LogP contribution in [0.25, 0.3) is 0 Å². The van der Waals surface area contributed by atoms with Crippen molar-refractivity contribution in [3.63, 3.8) is 0 Å². The number of hydrogen-bond acceptors (Lipinski definition) is 3. The molecular formula is C15H22N4O2. The molecule has 1 aromatic carbocycles. The van der Waals surface area contributed by atoms with Crippen LogP contribution in [-0.2, 0) is 4.79 Å². The van der Waals surface area contributed by atoms with Crippen LogP contribution in [-0.4, -0.2) is 49.1 Å². The van der Waals surface area contributed by atoms with E-state index >= 15 is 0 Å². The minimum atomic E-state index is -0.468. The van der Waals surface area contributed by atoms with Crippen LogP contribution in [0, 0.1) is 6.92 Å². The lowest BCUT2D eigenvalue weighted by Gasteiger charge is -2.35. The monoisotopic (exact) mass is 290 g/mol. The van der Waals surface area contributed by atoms with Gasteiger partial charge in [-0.3, -0.25) is 4.79 Å². The van der Waals surface area contributed by atoms with Gasteiger partial charge in [0.25, 0.3) is 0 Å². The molecule has 1 unspecified atom stereocenters. The van der Waals surface area contributed by atoms with Gasteiger partial charge in [0, 0.05) is 31.9 Å². The number of nitrogens with one attached hydrogen (secondary N) is 3. The number of anilines is 1. The van der Waals surface area contributed by atoms with Gasteiger partial charge in [0.05, 0.1) is 0 Å². The Morgan fingerprint density at radius 2 is 2.05 bits per heavy atom. The fraction of sp³-hybridized carbons (Fsp3) is 0.467. The summed E-state index contributed by atoms with van der Waals surface area (Å²) in [6.45, 7) is 6.10. The average molecular weight is 290 g/mol. The largest absolute Gasteiger partial charge is 0.355 e. The molecule has 1 aliphatic heterocycles. The quantitative estimate of drug-likeness (QED) is 0.775. The summed E-state index contributed by atoms with van der Waals surface area (Å²) in [5.41, 5.74) is 1.87. The molecule has 0 saturated carbocycles. The first kappa shape index (κ1) is 15.3. The molecule has 3 amide bonds. The summed E-state index contributed by atoms with van der Waals surface area (Å²) in [6.07, 6.45) is 0. The van der Waals surface area contributed by atoms with Gasteiger partial charge in [0.1, 0.15) is 6.04 Å². The molecule has 21 heavy (non-hydrogen) atoms. The van der Waals surface area contributed by atoms with Crippen molar-refractivity contribution in [1.29, 1.82) is 0 Å². The highest BCUT2D eigenvalue weighted by Gasteiger charge is 2.31. The number of piperazine rings is 1. The van der Waals surface area contributed by atoms with Crippen LogP contribution in [0.4, 0.5) is 10.5 Å². The van der Waals surface area contributed by atoms with Gasteiger partial charge >= 0.3 is 6.03 Å². The van der Waals surface area contributed by atoms with E-state index in [1.54, 1.807) is 4.90 Å². The Morgan fingerprint density at radius 3 is 2.71 bits per heavy atom. The molecular weight excluding hydrogens is 268 g/mol. The summed E-state index contributed by atoms with van der Waals surface area (Å²) in [5.74, 6) is -0.122. The van der Waals surface area contributed by atoms with Crippen LogP contribution in [0.2, 0.25) is 0 Å². The van der Waals surface area contributed by atoms with E-state index in [-0.39, 0.29) is 11.9 Å². The second-order valence-corrected chi connectivity index (χ2v) is 5.10. The number of aryl methyl sites for hydroxylation is 1. The van der Waals surface area contributed by atoms with E-state index in [0.717, 1.165) is 11.3 Å². The first-order chi connectivity index (χ1) is 10.1. The van der Waals surface area contributed by atoms with E-state index in [2.05, 4.69) is 16.0 Å². The van der Waals surface area contributed by atoms with Gasteiger partial charge in [0.2, 0.25) is 5.91 Å². The molecule has 0 aromatic heterocycles. The Hall–Kier alpha value is -2.08. The summed E-state index contributed by atoms with van der Waals surface area (Å²) >= 11 is 0. The van der Waals surface area contributed by atoms with Crippen molar-refractivity contribution in [3.8, 4) is 0 Å². The van der Waals surface area contributed by atoms with Crippen molar-refractivity contribution >= 4 is 17.6 Å². The standard InChI is InChI=1S/C15H22N4O2/c1-3-17-14(20)13-10-16-8-9-19(13)15(21)18-12-6-4-11(2)5-7-12/h4-7,13,16H,3,8-10H2,1-2H3,(H,17,20)(H,18,21). The molecule has 3 N–H and O–H groups in total. The molecule has 1 aliphatic rings. The maximum atomic E-state index is 12.4. The SMILES string of the molecule is CCNC(=O)C1CNCCN1C(=O)Nc1ccc(C)cc1. The molecule has 0 spiro atoms. The maximum absolute atomic E-state index is 12.4. The smallest absolute Gasteiger partial charge is 0.322 e. The van der Waals surface area contributed by atoms with Crippen molar-refractivity contribution in [3.05, 3.63) is 29.8 Å². The predicted molar refractivity (Wildman–Crippen MR) is 82.2 cm³/mol. The molecule has 6 heteroatoms. The van der Waals surface area contributed by atoms with Gasteiger partial charge in [-0.15, -0.1) is 0 Å². The Labute approximate surface area is 124 Å². The lowest BCUT2D eigenvalue weighted by atomic mass is 10.2. The number of hydrogen-bond donors (Lipinski definition) is 3. The van der Waals surface area contributed by atoms with Crippen molar-refractivity contribution in [1.82, 2.24) is 15.5 Å². The minimum absolute atomic E-state index is 0.122. The molecule has 1 fully saturated rings. The summed E-state index contributed by atoms with van der Waals surface area (Å²) in [6, 6.07) is 6.89. The van der Waals surface area contributed by atoms with Crippen molar-refractivity contribution in [2.75, 3.05) is 31.5 Å². The third-order valence-corrected chi connectivity index (χ3v) is 3.46. The summed E-state index contributed by atoms with van der Waals surface area (Å²) in [5, 5.41) is 8.76. The zero-order valence-electron chi connectivity index (χ0n) is 12.5. The normalized spacial score (nSPS) is 18.2. The molecule has 2 rings (SSSR count). The number of urea groups is 1. The Bertz CT molecular complexity index is 501. The topological polar surface area (TPSA) is 73.5 Å². The van der Waals surface area contributed by atoms with Crippen molar-refractivity contribution in [2.24, 2.45) is 0 Å². The summed E-state index contributed by atoms with van der Waals surface area (Å²) < 4.78 is 0. The number of carbonyl (C=O) groups is 2. The van der Waals surface area contributed by atoms with Crippen LogP contribution in [0.1, 0.15) is 12.5 Å². The van der Waals surface area contributed by atoms with E-state index in [1.165, 1.54) is 0 Å². The highest BCUT2D eigenvalue weighted by molar-refractivity contribution is 5.94. The van der Waals surface area contributed by atoms with Gasteiger partial charge in [0.15, 0.2) is 0 Å². The fourth-order valence-electron chi connectivity index (χ4n) is 2.31. The fourth-order valence-corrected chi connectivity index (χ4v) is 2.31. The molecule has 0 aliphatic carbocycles. The van der Waals surface area contributed by atoms with E-state index < -0.39 is 6.04 Å². The van der Waals surface area contributed by atoms with Crippen molar-refractivity contribution in [2.45, 2.75) is 19.9 Å².